The largest absolute Gasteiger partial charge is 0.462 e. The molecular formula is C16H12Cl3NO3. The highest BCUT2D eigenvalue weighted by molar-refractivity contribution is 6.37. The molecule has 2 rings (SSSR count). The molecule has 0 unspecified atom stereocenters. The van der Waals surface area contributed by atoms with Crippen molar-refractivity contribution in [3.05, 3.63) is 62.6 Å². The SMILES string of the molecule is CCOC(=O)c1cc(NC(=O)c2ccc(Cl)cc2Cl)ccc1Cl. The van der Waals surface area contributed by atoms with Crippen molar-refractivity contribution in [2.45, 2.75) is 6.92 Å². The molecule has 2 aromatic rings. The predicted octanol–water partition coefficient (Wildman–Crippen LogP) is 5.08. The van der Waals surface area contributed by atoms with Crippen LogP contribution in [-0.4, -0.2) is 18.5 Å². The average Bonchev–Trinajstić information content (AvgIpc) is 2.49. The first-order valence-electron chi connectivity index (χ1n) is 6.65. The van der Waals surface area contributed by atoms with Crippen LogP contribution in [0.2, 0.25) is 15.1 Å². The molecule has 23 heavy (non-hydrogen) atoms. The molecule has 0 aliphatic carbocycles. The van der Waals surface area contributed by atoms with Crippen LogP contribution in [0.4, 0.5) is 5.69 Å². The number of hydrogen-bond donors (Lipinski definition) is 1. The van der Waals surface area contributed by atoms with Gasteiger partial charge in [0.2, 0.25) is 0 Å². The van der Waals surface area contributed by atoms with E-state index in [0.29, 0.717) is 10.7 Å². The number of carbonyl (C=O) groups is 2. The summed E-state index contributed by atoms with van der Waals surface area (Å²) in [6, 6.07) is 9.09. The number of hydrogen-bond acceptors (Lipinski definition) is 3. The molecule has 1 amide bonds. The molecule has 0 atom stereocenters. The highest BCUT2D eigenvalue weighted by Gasteiger charge is 2.15. The lowest BCUT2D eigenvalue weighted by molar-refractivity contribution is 0.0526. The Labute approximate surface area is 148 Å². The molecule has 0 aliphatic rings. The van der Waals surface area contributed by atoms with Gasteiger partial charge in [0.05, 0.1) is 27.8 Å². The summed E-state index contributed by atoms with van der Waals surface area (Å²) < 4.78 is 4.91. The smallest absolute Gasteiger partial charge is 0.339 e. The Bertz CT molecular complexity index is 762. The molecule has 1 N–H and O–H groups in total. The molecule has 2 aromatic carbocycles. The molecular weight excluding hydrogens is 361 g/mol. The van der Waals surface area contributed by atoms with E-state index in [1.54, 1.807) is 19.1 Å². The Kier molecular flexibility index (Phi) is 5.88. The van der Waals surface area contributed by atoms with Crippen molar-refractivity contribution in [3.8, 4) is 0 Å². The van der Waals surface area contributed by atoms with E-state index in [-0.39, 0.29) is 27.8 Å². The molecule has 0 aromatic heterocycles. The number of rotatable bonds is 4. The lowest BCUT2D eigenvalue weighted by atomic mass is 10.1. The lowest BCUT2D eigenvalue weighted by Gasteiger charge is -2.10. The van der Waals surface area contributed by atoms with Crippen LogP contribution in [0, 0.1) is 0 Å². The topological polar surface area (TPSA) is 55.4 Å². The minimum atomic E-state index is -0.557. The van der Waals surface area contributed by atoms with E-state index < -0.39 is 11.9 Å². The maximum atomic E-state index is 12.3. The van der Waals surface area contributed by atoms with Crippen molar-refractivity contribution >= 4 is 52.4 Å². The maximum Gasteiger partial charge on any atom is 0.339 e. The highest BCUT2D eigenvalue weighted by Crippen LogP contribution is 2.24. The van der Waals surface area contributed by atoms with E-state index in [0.717, 1.165) is 0 Å². The normalized spacial score (nSPS) is 10.3. The van der Waals surface area contributed by atoms with Crippen LogP contribution in [0.15, 0.2) is 36.4 Å². The van der Waals surface area contributed by atoms with Crippen LogP contribution in [0.3, 0.4) is 0 Å². The second-order valence-electron chi connectivity index (χ2n) is 4.49. The summed E-state index contributed by atoms with van der Waals surface area (Å²) in [5.41, 5.74) is 0.839. The number of nitrogens with one attached hydrogen (secondary N) is 1. The van der Waals surface area contributed by atoms with Crippen molar-refractivity contribution in [1.82, 2.24) is 0 Å². The molecule has 4 nitrogen and oxygen atoms in total. The van der Waals surface area contributed by atoms with Crippen molar-refractivity contribution in [1.29, 1.82) is 0 Å². The van der Waals surface area contributed by atoms with Gasteiger partial charge in [-0.2, -0.15) is 0 Å². The first-order valence-corrected chi connectivity index (χ1v) is 7.79. The zero-order chi connectivity index (χ0) is 17.0. The Balaban J connectivity index is 2.24. The van der Waals surface area contributed by atoms with Crippen LogP contribution in [0.25, 0.3) is 0 Å². The summed E-state index contributed by atoms with van der Waals surface area (Å²) >= 11 is 17.8. The van der Waals surface area contributed by atoms with Gasteiger partial charge in [-0.25, -0.2) is 4.79 Å². The highest BCUT2D eigenvalue weighted by atomic mass is 35.5. The van der Waals surface area contributed by atoms with Gasteiger partial charge in [-0.1, -0.05) is 34.8 Å². The van der Waals surface area contributed by atoms with Gasteiger partial charge in [0, 0.05) is 10.7 Å². The Hall–Kier alpha value is -1.75. The second kappa shape index (κ2) is 7.68. The second-order valence-corrected chi connectivity index (χ2v) is 5.74. The zero-order valence-corrected chi connectivity index (χ0v) is 14.3. The molecule has 0 radical (unpaired) electrons. The molecule has 120 valence electrons. The van der Waals surface area contributed by atoms with Crippen LogP contribution < -0.4 is 5.32 Å². The Morgan fingerprint density at radius 3 is 2.39 bits per heavy atom. The van der Waals surface area contributed by atoms with Gasteiger partial charge in [0.15, 0.2) is 0 Å². The van der Waals surface area contributed by atoms with Crippen molar-refractivity contribution in [2.75, 3.05) is 11.9 Å². The number of ether oxygens (including phenoxy) is 1. The molecule has 0 spiro atoms. The zero-order valence-electron chi connectivity index (χ0n) is 12.0. The first-order chi connectivity index (χ1) is 10.9. The molecule has 0 heterocycles. The van der Waals surface area contributed by atoms with Gasteiger partial charge >= 0.3 is 5.97 Å². The van der Waals surface area contributed by atoms with Crippen LogP contribution in [-0.2, 0) is 4.74 Å². The summed E-state index contributed by atoms with van der Waals surface area (Å²) in [5.74, 6) is -0.984. The lowest BCUT2D eigenvalue weighted by Crippen LogP contribution is -2.13. The number of anilines is 1. The molecule has 0 bridgehead atoms. The van der Waals surface area contributed by atoms with Gasteiger partial charge in [0.1, 0.15) is 0 Å². The van der Waals surface area contributed by atoms with Gasteiger partial charge < -0.3 is 10.1 Å². The molecule has 7 heteroatoms. The quantitative estimate of drug-likeness (QED) is 0.762. The van der Waals surface area contributed by atoms with Crippen LogP contribution in [0.5, 0.6) is 0 Å². The fourth-order valence-electron chi connectivity index (χ4n) is 1.84. The molecule has 0 saturated carbocycles. The van der Waals surface area contributed by atoms with E-state index in [2.05, 4.69) is 5.32 Å². The number of amides is 1. The third kappa shape index (κ3) is 4.38. The standard InChI is InChI=1S/C16H12Cl3NO3/c1-2-23-16(22)12-8-10(4-6-13(12)18)20-15(21)11-5-3-9(17)7-14(11)19/h3-8H,2H2,1H3,(H,20,21). The number of benzene rings is 2. The minimum Gasteiger partial charge on any atom is -0.462 e. The summed E-state index contributed by atoms with van der Waals surface area (Å²) in [4.78, 5) is 24.1. The number of halogens is 3. The minimum absolute atomic E-state index is 0.175. The van der Waals surface area contributed by atoms with E-state index in [9.17, 15) is 9.59 Å². The van der Waals surface area contributed by atoms with Crippen molar-refractivity contribution in [3.63, 3.8) is 0 Å². The number of esters is 1. The summed E-state index contributed by atoms with van der Waals surface area (Å²) in [6.45, 7) is 1.92. The van der Waals surface area contributed by atoms with E-state index in [4.69, 9.17) is 39.5 Å². The van der Waals surface area contributed by atoms with Gasteiger partial charge in [-0.05, 0) is 43.3 Å². The third-order valence-electron chi connectivity index (χ3n) is 2.90. The molecule has 0 aliphatic heterocycles. The van der Waals surface area contributed by atoms with Gasteiger partial charge in [-0.3, -0.25) is 4.79 Å². The van der Waals surface area contributed by atoms with Crippen molar-refractivity contribution < 1.29 is 14.3 Å². The van der Waals surface area contributed by atoms with Gasteiger partial charge in [-0.15, -0.1) is 0 Å². The monoisotopic (exact) mass is 371 g/mol. The molecule has 0 saturated heterocycles. The number of carbonyl (C=O) groups excluding carboxylic acids is 2. The predicted molar refractivity (Wildman–Crippen MR) is 91.8 cm³/mol. The Morgan fingerprint density at radius 1 is 1.00 bits per heavy atom. The maximum absolute atomic E-state index is 12.3. The average molecular weight is 373 g/mol. The first kappa shape index (κ1) is 17.6. The summed E-state index contributed by atoms with van der Waals surface area (Å²) in [7, 11) is 0. The fourth-order valence-corrected chi connectivity index (χ4v) is 2.53. The van der Waals surface area contributed by atoms with Crippen LogP contribution >= 0.6 is 34.8 Å². The summed E-state index contributed by atoms with van der Waals surface area (Å²) in [6.07, 6.45) is 0. The third-order valence-corrected chi connectivity index (χ3v) is 3.77. The summed E-state index contributed by atoms with van der Waals surface area (Å²) in [5, 5.41) is 3.56. The fraction of sp³-hybridized carbons (Fsp3) is 0.125. The van der Waals surface area contributed by atoms with Crippen molar-refractivity contribution in [2.24, 2.45) is 0 Å². The van der Waals surface area contributed by atoms with E-state index in [1.165, 1.54) is 24.3 Å². The Morgan fingerprint density at radius 2 is 1.74 bits per heavy atom. The molecule has 0 fully saturated rings. The van der Waals surface area contributed by atoms with Crippen LogP contribution in [0.1, 0.15) is 27.6 Å². The van der Waals surface area contributed by atoms with E-state index >= 15 is 0 Å². The van der Waals surface area contributed by atoms with E-state index in [1.807, 2.05) is 0 Å². The van der Waals surface area contributed by atoms with Gasteiger partial charge in [0.25, 0.3) is 5.91 Å².